The summed E-state index contributed by atoms with van der Waals surface area (Å²) in [7, 11) is 1.43. The number of benzene rings is 1. The fourth-order valence-electron chi connectivity index (χ4n) is 2.89. The fourth-order valence-corrected chi connectivity index (χ4v) is 2.89. The Labute approximate surface area is 135 Å². The number of Topliss-reactive ketones (excluding diaryl/α,β-unsaturated/α-hetero) is 2. The Morgan fingerprint density at radius 1 is 1.17 bits per heavy atom. The van der Waals surface area contributed by atoms with E-state index < -0.39 is 28.7 Å². The lowest BCUT2D eigenvalue weighted by Gasteiger charge is -2.34. The summed E-state index contributed by atoms with van der Waals surface area (Å²) >= 11 is 0. The normalized spacial score (nSPS) is 21.0. The topological polar surface area (TPSA) is 60.4 Å². The Kier molecular flexibility index (Phi) is 4.64. The third kappa shape index (κ3) is 3.02. The average molecular weight is 312 g/mol. The summed E-state index contributed by atoms with van der Waals surface area (Å²) in [6.07, 6.45) is 2.91. The van der Waals surface area contributed by atoms with Crippen molar-refractivity contribution in [1.82, 2.24) is 0 Å². The van der Waals surface area contributed by atoms with E-state index in [1.165, 1.54) is 13.2 Å². The van der Waals surface area contributed by atoms with Crippen LogP contribution in [-0.2, 0) is 19.1 Å². The van der Waals surface area contributed by atoms with Crippen molar-refractivity contribution in [2.24, 2.45) is 11.3 Å². The molecule has 1 atom stereocenters. The molecule has 1 aliphatic rings. The number of ketones is 3. The van der Waals surface area contributed by atoms with E-state index in [0.29, 0.717) is 11.3 Å². The number of hydrogen-bond donors (Lipinski definition) is 0. The molecule has 23 heavy (non-hydrogen) atoms. The fraction of sp³-hybridized carbons (Fsp3) is 0.316. The Morgan fingerprint density at radius 2 is 1.78 bits per heavy atom. The first-order valence-electron chi connectivity index (χ1n) is 7.41. The van der Waals surface area contributed by atoms with Gasteiger partial charge in [0.25, 0.3) is 0 Å². The van der Waals surface area contributed by atoms with Gasteiger partial charge in [0.05, 0.1) is 12.5 Å². The van der Waals surface area contributed by atoms with E-state index >= 15 is 0 Å². The molecule has 0 spiro atoms. The van der Waals surface area contributed by atoms with Crippen molar-refractivity contribution in [2.45, 2.75) is 20.8 Å². The zero-order valence-corrected chi connectivity index (χ0v) is 13.8. The van der Waals surface area contributed by atoms with E-state index in [0.717, 1.165) is 5.56 Å². The van der Waals surface area contributed by atoms with E-state index in [4.69, 9.17) is 4.74 Å². The van der Waals surface area contributed by atoms with E-state index in [-0.39, 0.29) is 0 Å². The Hall–Kier alpha value is -2.49. The monoisotopic (exact) mass is 312 g/mol. The van der Waals surface area contributed by atoms with E-state index in [2.05, 4.69) is 0 Å². The molecule has 0 saturated carbocycles. The van der Waals surface area contributed by atoms with Crippen LogP contribution in [0.1, 0.15) is 26.3 Å². The smallest absolute Gasteiger partial charge is 0.180 e. The molecule has 4 heteroatoms. The standard InChI is InChI=1S/C19H20O4/c1-12-16(21)15(17(22)19(2,3)18(12)23-4)14(20)11-10-13-8-6-5-7-9-13/h5-11,15H,1-4H3. The van der Waals surface area contributed by atoms with Gasteiger partial charge in [0, 0.05) is 5.57 Å². The van der Waals surface area contributed by atoms with Gasteiger partial charge in [-0.1, -0.05) is 36.4 Å². The highest BCUT2D eigenvalue weighted by molar-refractivity contribution is 6.30. The Balaban J connectivity index is 2.34. The zero-order chi connectivity index (χ0) is 17.2. The van der Waals surface area contributed by atoms with Gasteiger partial charge in [-0.25, -0.2) is 0 Å². The highest BCUT2D eigenvalue weighted by atomic mass is 16.5. The van der Waals surface area contributed by atoms with Gasteiger partial charge in [0.1, 0.15) is 11.7 Å². The number of carbonyl (C=O) groups excluding carboxylic acids is 3. The number of carbonyl (C=O) groups is 3. The molecule has 1 aromatic carbocycles. The summed E-state index contributed by atoms with van der Waals surface area (Å²) in [5, 5.41) is 0. The first-order chi connectivity index (χ1) is 10.8. The lowest BCUT2D eigenvalue weighted by molar-refractivity contribution is -0.143. The Morgan fingerprint density at radius 3 is 2.35 bits per heavy atom. The molecule has 1 aromatic rings. The highest BCUT2D eigenvalue weighted by Gasteiger charge is 2.49. The van der Waals surface area contributed by atoms with Gasteiger partial charge in [-0.05, 0) is 32.4 Å². The first-order valence-corrected chi connectivity index (χ1v) is 7.41. The minimum absolute atomic E-state index is 0.337. The van der Waals surface area contributed by atoms with Crippen molar-refractivity contribution in [3.05, 3.63) is 53.3 Å². The lowest BCUT2D eigenvalue weighted by atomic mass is 9.69. The maximum Gasteiger partial charge on any atom is 0.180 e. The van der Waals surface area contributed by atoms with Crippen molar-refractivity contribution in [1.29, 1.82) is 0 Å². The minimum atomic E-state index is -1.29. The van der Waals surface area contributed by atoms with Crippen LogP contribution in [0, 0.1) is 11.3 Å². The summed E-state index contributed by atoms with van der Waals surface area (Å²) in [6.45, 7) is 4.94. The number of hydrogen-bond acceptors (Lipinski definition) is 4. The van der Waals surface area contributed by atoms with Crippen molar-refractivity contribution in [3.63, 3.8) is 0 Å². The summed E-state index contributed by atoms with van der Waals surface area (Å²) in [4.78, 5) is 37.5. The van der Waals surface area contributed by atoms with Gasteiger partial charge >= 0.3 is 0 Å². The molecule has 0 aromatic heterocycles. The molecule has 1 aliphatic carbocycles. The maximum absolute atomic E-state index is 12.6. The number of allylic oxidation sites excluding steroid dienone is 3. The predicted octanol–water partition coefficient (Wildman–Crippen LogP) is 2.98. The van der Waals surface area contributed by atoms with E-state index in [9.17, 15) is 14.4 Å². The minimum Gasteiger partial charge on any atom is -0.500 e. The molecule has 120 valence electrons. The van der Waals surface area contributed by atoms with Gasteiger partial charge in [-0.3, -0.25) is 14.4 Å². The molecule has 0 amide bonds. The quantitative estimate of drug-likeness (QED) is 0.633. The van der Waals surface area contributed by atoms with Crippen LogP contribution in [0.2, 0.25) is 0 Å². The maximum atomic E-state index is 12.6. The molecular formula is C19H20O4. The van der Waals surface area contributed by atoms with Crippen molar-refractivity contribution >= 4 is 23.4 Å². The largest absolute Gasteiger partial charge is 0.500 e. The van der Waals surface area contributed by atoms with Crippen LogP contribution < -0.4 is 0 Å². The van der Waals surface area contributed by atoms with Crippen molar-refractivity contribution in [2.75, 3.05) is 7.11 Å². The van der Waals surface area contributed by atoms with Gasteiger partial charge < -0.3 is 4.74 Å². The van der Waals surface area contributed by atoms with E-state index in [1.807, 2.05) is 30.3 Å². The molecule has 0 bridgehead atoms. The molecule has 1 unspecified atom stereocenters. The molecule has 0 heterocycles. The molecule has 2 rings (SSSR count). The van der Waals surface area contributed by atoms with Crippen LogP contribution in [0.5, 0.6) is 0 Å². The second kappa shape index (κ2) is 6.32. The van der Waals surface area contributed by atoms with Crippen LogP contribution in [0.3, 0.4) is 0 Å². The summed E-state index contributed by atoms with van der Waals surface area (Å²) in [5.74, 6) is -2.35. The lowest BCUT2D eigenvalue weighted by Crippen LogP contribution is -2.46. The van der Waals surface area contributed by atoms with Crippen LogP contribution in [-0.4, -0.2) is 24.5 Å². The van der Waals surface area contributed by atoms with Gasteiger partial charge in [0.2, 0.25) is 0 Å². The number of methoxy groups -OCH3 is 1. The SMILES string of the molecule is COC1=C(C)C(=O)C(C(=O)C=Cc2ccccc2)C(=O)C1(C)C. The highest BCUT2D eigenvalue weighted by Crippen LogP contribution is 2.39. The van der Waals surface area contributed by atoms with Gasteiger partial charge in [-0.15, -0.1) is 0 Å². The average Bonchev–Trinajstić information content (AvgIpc) is 2.53. The van der Waals surface area contributed by atoms with Crippen LogP contribution in [0.4, 0.5) is 0 Å². The second-order valence-corrected chi connectivity index (χ2v) is 6.09. The molecule has 0 radical (unpaired) electrons. The van der Waals surface area contributed by atoms with Crippen LogP contribution in [0.15, 0.2) is 47.7 Å². The van der Waals surface area contributed by atoms with Crippen molar-refractivity contribution < 1.29 is 19.1 Å². The summed E-state index contributed by atoms with van der Waals surface area (Å²) in [6, 6.07) is 9.25. The van der Waals surface area contributed by atoms with Gasteiger partial charge in [-0.2, -0.15) is 0 Å². The second-order valence-electron chi connectivity index (χ2n) is 6.09. The van der Waals surface area contributed by atoms with E-state index in [1.54, 1.807) is 26.8 Å². The zero-order valence-electron chi connectivity index (χ0n) is 13.8. The molecule has 0 aliphatic heterocycles. The van der Waals surface area contributed by atoms with Crippen molar-refractivity contribution in [3.8, 4) is 0 Å². The first kappa shape index (κ1) is 16.9. The van der Waals surface area contributed by atoms with Gasteiger partial charge in [0.15, 0.2) is 17.3 Å². The predicted molar refractivity (Wildman–Crippen MR) is 87.5 cm³/mol. The molecule has 0 fully saturated rings. The Bertz CT molecular complexity index is 708. The third-order valence-electron chi connectivity index (χ3n) is 4.15. The summed E-state index contributed by atoms with van der Waals surface area (Å²) < 4.78 is 5.23. The summed E-state index contributed by atoms with van der Waals surface area (Å²) in [5.41, 5.74) is 0.178. The number of rotatable bonds is 4. The molecule has 4 nitrogen and oxygen atoms in total. The van der Waals surface area contributed by atoms with Crippen LogP contribution in [0.25, 0.3) is 6.08 Å². The molecule has 0 saturated heterocycles. The molecular weight excluding hydrogens is 292 g/mol. The third-order valence-corrected chi connectivity index (χ3v) is 4.15. The van der Waals surface area contributed by atoms with Crippen LogP contribution >= 0.6 is 0 Å². The molecule has 0 N–H and O–H groups in total. The number of ether oxygens (including phenoxy) is 1.